The van der Waals surface area contributed by atoms with Gasteiger partial charge >= 0.3 is 0 Å². The van der Waals surface area contributed by atoms with Crippen LogP contribution in [0.5, 0.6) is 0 Å². The van der Waals surface area contributed by atoms with E-state index in [0.717, 1.165) is 6.34 Å². The van der Waals surface area contributed by atoms with E-state index in [1.54, 1.807) is 12.3 Å². The number of carbonyl (C=O) groups excluding carboxylic acids is 1. The molecule has 1 fully saturated rings. The number of nitrogens with zero attached hydrogens (tertiary/aromatic N) is 3. The quantitative estimate of drug-likeness (QED) is 0.525. The Morgan fingerprint density at radius 2 is 2.16 bits per heavy atom. The van der Waals surface area contributed by atoms with E-state index >= 15 is 0 Å². The average molecular weight is 267 g/mol. The van der Waals surface area contributed by atoms with Gasteiger partial charge in [-0.15, -0.1) is 0 Å². The molecule has 2 unspecified atom stereocenters. The third-order valence-electron chi connectivity index (χ3n) is 3.41. The fourth-order valence-electron chi connectivity index (χ4n) is 2.39. The summed E-state index contributed by atoms with van der Waals surface area (Å²) in [6.45, 7) is -0.400. The fourth-order valence-corrected chi connectivity index (χ4v) is 2.39. The van der Waals surface area contributed by atoms with Crippen LogP contribution in [0.15, 0.2) is 22.3 Å². The molecule has 102 valence electrons. The van der Waals surface area contributed by atoms with E-state index in [2.05, 4.69) is 9.98 Å². The standard InChI is InChI=1S/C11H13N3O5/c15-3-6-7(16)8(17)11(19-6)14-2-1-5-9(14)12-4-13-10(5)18/h1-2,4-8,11,15-17H,3H2/t5?,6-,7-,8-,11?/m1/s1. The van der Waals surface area contributed by atoms with E-state index < -0.39 is 37.1 Å². The minimum Gasteiger partial charge on any atom is -0.394 e. The fraction of sp³-hybridized carbons (Fsp3) is 0.545. The van der Waals surface area contributed by atoms with Crippen LogP contribution in [0.2, 0.25) is 0 Å². The number of aliphatic imine (C=N–C) groups is 2. The Morgan fingerprint density at radius 1 is 1.37 bits per heavy atom. The third kappa shape index (κ3) is 1.80. The summed E-state index contributed by atoms with van der Waals surface area (Å²) in [6.07, 6.45) is 0.193. The van der Waals surface area contributed by atoms with E-state index in [1.165, 1.54) is 4.90 Å². The zero-order valence-electron chi connectivity index (χ0n) is 9.83. The molecule has 3 N–H and O–H groups in total. The van der Waals surface area contributed by atoms with E-state index in [4.69, 9.17) is 9.84 Å². The van der Waals surface area contributed by atoms with Gasteiger partial charge < -0.3 is 25.0 Å². The Hall–Kier alpha value is -1.61. The normalized spacial score (nSPS) is 40.8. The maximum Gasteiger partial charge on any atom is 0.261 e. The van der Waals surface area contributed by atoms with E-state index in [-0.39, 0.29) is 5.91 Å². The summed E-state index contributed by atoms with van der Waals surface area (Å²) in [7, 11) is 0. The first kappa shape index (κ1) is 12.4. The number of hydrogen-bond acceptors (Lipinski definition) is 7. The largest absolute Gasteiger partial charge is 0.394 e. The number of aliphatic hydroxyl groups is 3. The summed E-state index contributed by atoms with van der Waals surface area (Å²) in [5, 5.41) is 28.7. The molecule has 1 amide bonds. The molecule has 3 rings (SSSR count). The van der Waals surface area contributed by atoms with Crippen LogP contribution in [0.4, 0.5) is 0 Å². The monoisotopic (exact) mass is 267 g/mol. The van der Waals surface area contributed by atoms with Crippen LogP contribution in [0.1, 0.15) is 0 Å². The molecule has 0 aromatic heterocycles. The van der Waals surface area contributed by atoms with Crippen LogP contribution in [0.25, 0.3) is 0 Å². The molecular formula is C11H13N3O5. The predicted octanol–water partition coefficient (Wildman–Crippen LogP) is -2.16. The molecule has 8 nitrogen and oxygen atoms in total. The van der Waals surface area contributed by atoms with Crippen molar-refractivity contribution in [2.45, 2.75) is 24.5 Å². The Kier molecular flexibility index (Phi) is 2.94. The molecular weight excluding hydrogens is 254 g/mol. The second kappa shape index (κ2) is 4.49. The highest BCUT2D eigenvalue weighted by Gasteiger charge is 2.48. The van der Waals surface area contributed by atoms with Crippen molar-refractivity contribution >= 4 is 18.1 Å². The van der Waals surface area contributed by atoms with E-state index in [9.17, 15) is 15.0 Å². The minimum atomic E-state index is -1.20. The van der Waals surface area contributed by atoms with Crippen molar-refractivity contribution in [2.75, 3.05) is 6.61 Å². The molecule has 0 bridgehead atoms. The van der Waals surface area contributed by atoms with Gasteiger partial charge in [0.15, 0.2) is 6.23 Å². The first-order chi connectivity index (χ1) is 9.13. The Morgan fingerprint density at radius 3 is 2.84 bits per heavy atom. The number of carbonyl (C=O) groups is 1. The number of ether oxygens (including phenoxy) is 1. The predicted molar refractivity (Wildman–Crippen MR) is 63.2 cm³/mol. The molecule has 0 aromatic rings. The Bertz CT molecular complexity index is 489. The number of hydrogen-bond donors (Lipinski definition) is 3. The molecule has 0 aliphatic carbocycles. The van der Waals surface area contributed by atoms with Crippen LogP contribution < -0.4 is 0 Å². The van der Waals surface area contributed by atoms with Crippen molar-refractivity contribution in [1.29, 1.82) is 0 Å². The zero-order valence-corrected chi connectivity index (χ0v) is 9.83. The van der Waals surface area contributed by atoms with Crippen molar-refractivity contribution in [3.05, 3.63) is 12.3 Å². The second-order valence-corrected chi connectivity index (χ2v) is 4.53. The molecule has 0 saturated carbocycles. The van der Waals surface area contributed by atoms with Crippen molar-refractivity contribution in [3.63, 3.8) is 0 Å². The number of fused-ring (bicyclic) bond motifs is 1. The first-order valence-corrected chi connectivity index (χ1v) is 5.86. The zero-order chi connectivity index (χ0) is 13.6. The van der Waals surface area contributed by atoms with Crippen LogP contribution in [-0.4, -0.2) is 69.4 Å². The van der Waals surface area contributed by atoms with Gasteiger partial charge in [0.25, 0.3) is 5.91 Å². The van der Waals surface area contributed by atoms with Gasteiger partial charge in [0.1, 0.15) is 36.4 Å². The summed E-state index contributed by atoms with van der Waals surface area (Å²) in [5.74, 6) is -0.517. The molecule has 1 saturated heterocycles. The molecule has 0 spiro atoms. The lowest BCUT2D eigenvalue weighted by Gasteiger charge is -2.28. The van der Waals surface area contributed by atoms with Gasteiger partial charge in [-0.3, -0.25) is 4.79 Å². The number of aliphatic hydroxyl groups excluding tert-OH is 3. The minimum absolute atomic E-state index is 0.338. The topological polar surface area (TPSA) is 115 Å². The van der Waals surface area contributed by atoms with Crippen LogP contribution in [-0.2, 0) is 9.53 Å². The SMILES string of the molecule is O=C1N=CN=C2C1C=CN2C1O[C@H](CO)[C@@H](O)[C@H]1O. The van der Waals surface area contributed by atoms with E-state index in [1.807, 2.05) is 0 Å². The van der Waals surface area contributed by atoms with Gasteiger partial charge in [0.05, 0.1) is 6.61 Å². The average Bonchev–Trinajstić information content (AvgIpc) is 2.94. The van der Waals surface area contributed by atoms with Crippen molar-refractivity contribution in [1.82, 2.24) is 4.90 Å². The lowest BCUT2D eigenvalue weighted by molar-refractivity contribution is -0.118. The molecule has 19 heavy (non-hydrogen) atoms. The highest BCUT2D eigenvalue weighted by molar-refractivity contribution is 6.13. The first-order valence-electron chi connectivity index (χ1n) is 5.86. The highest BCUT2D eigenvalue weighted by atomic mass is 16.6. The number of amides is 1. The Balaban J connectivity index is 1.85. The van der Waals surface area contributed by atoms with Crippen molar-refractivity contribution in [3.8, 4) is 0 Å². The number of rotatable bonds is 2. The van der Waals surface area contributed by atoms with E-state index in [0.29, 0.717) is 5.84 Å². The van der Waals surface area contributed by atoms with Gasteiger partial charge in [0.2, 0.25) is 0 Å². The summed E-state index contributed by atoms with van der Waals surface area (Å²) < 4.78 is 5.39. The summed E-state index contributed by atoms with van der Waals surface area (Å²) in [5.41, 5.74) is 0. The molecule has 5 atom stereocenters. The lowest BCUT2D eigenvalue weighted by atomic mass is 10.1. The van der Waals surface area contributed by atoms with Gasteiger partial charge in [-0.1, -0.05) is 0 Å². The highest BCUT2D eigenvalue weighted by Crippen LogP contribution is 2.30. The van der Waals surface area contributed by atoms with Gasteiger partial charge in [-0.05, 0) is 6.08 Å². The number of amidine groups is 1. The maximum atomic E-state index is 11.6. The van der Waals surface area contributed by atoms with Crippen LogP contribution in [0.3, 0.4) is 0 Å². The smallest absolute Gasteiger partial charge is 0.261 e. The molecule has 0 radical (unpaired) electrons. The summed E-state index contributed by atoms with van der Waals surface area (Å²) in [6, 6.07) is 0. The second-order valence-electron chi connectivity index (χ2n) is 4.53. The van der Waals surface area contributed by atoms with Gasteiger partial charge in [0, 0.05) is 6.20 Å². The van der Waals surface area contributed by atoms with Crippen molar-refractivity contribution < 1.29 is 24.9 Å². The summed E-state index contributed by atoms with van der Waals surface area (Å²) >= 11 is 0. The van der Waals surface area contributed by atoms with Crippen LogP contribution in [0, 0.1) is 5.92 Å². The van der Waals surface area contributed by atoms with Crippen LogP contribution >= 0.6 is 0 Å². The Labute approximate surface area is 108 Å². The van der Waals surface area contributed by atoms with Gasteiger partial charge in [-0.25, -0.2) is 9.98 Å². The third-order valence-corrected chi connectivity index (χ3v) is 3.41. The molecule has 0 aromatic carbocycles. The lowest BCUT2D eigenvalue weighted by Crippen LogP contribution is -2.45. The summed E-state index contributed by atoms with van der Waals surface area (Å²) in [4.78, 5) is 20.6. The molecule has 3 aliphatic heterocycles. The molecule has 3 aliphatic rings. The maximum absolute atomic E-state index is 11.6. The van der Waals surface area contributed by atoms with Crippen molar-refractivity contribution in [2.24, 2.45) is 15.9 Å². The molecule has 3 heterocycles. The molecule has 8 heteroatoms. The van der Waals surface area contributed by atoms with Gasteiger partial charge in [-0.2, -0.15) is 0 Å².